The van der Waals surface area contributed by atoms with Crippen LogP contribution in [-0.4, -0.2) is 29.6 Å². The van der Waals surface area contributed by atoms with Crippen LogP contribution in [0.1, 0.15) is 19.3 Å². The van der Waals surface area contributed by atoms with Crippen molar-refractivity contribution in [1.82, 2.24) is 9.97 Å². The SMILES string of the molecule is CNc1nc(N2CC3CCC2C3)c2ccccc2n1. The third-order valence-electron chi connectivity index (χ3n) is 4.49. The van der Waals surface area contributed by atoms with Crippen molar-refractivity contribution in [2.24, 2.45) is 5.92 Å². The monoisotopic (exact) mass is 254 g/mol. The van der Waals surface area contributed by atoms with Gasteiger partial charge < -0.3 is 10.2 Å². The molecule has 2 heterocycles. The minimum Gasteiger partial charge on any atom is -0.357 e. The van der Waals surface area contributed by atoms with Gasteiger partial charge >= 0.3 is 0 Å². The Bertz CT molecular complexity index is 625. The van der Waals surface area contributed by atoms with E-state index in [0.717, 1.165) is 29.7 Å². The Morgan fingerprint density at radius 1 is 1.21 bits per heavy atom. The van der Waals surface area contributed by atoms with Crippen LogP contribution in [0.25, 0.3) is 10.9 Å². The number of anilines is 2. The van der Waals surface area contributed by atoms with Crippen molar-refractivity contribution in [3.63, 3.8) is 0 Å². The Hall–Kier alpha value is -1.84. The lowest BCUT2D eigenvalue weighted by atomic mass is 10.1. The third kappa shape index (κ3) is 1.66. The van der Waals surface area contributed by atoms with Gasteiger partial charge in [-0.2, -0.15) is 4.98 Å². The van der Waals surface area contributed by atoms with E-state index in [9.17, 15) is 0 Å². The summed E-state index contributed by atoms with van der Waals surface area (Å²) in [7, 11) is 1.88. The zero-order valence-corrected chi connectivity index (χ0v) is 11.1. The highest BCUT2D eigenvalue weighted by atomic mass is 15.3. The van der Waals surface area contributed by atoms with Gasteiger partial charge in [-0.1, -0.05) is 12.1 Å². The molecular weight excluding hydrogens is 236 g/mol. The zero-order chi connectivity index (χ0) is 12.8. The Morgan fingerprint density at radius 2 is 2.11 bits per heavy atom. The number of nitrogens with zero attached hydrogens (tertiary/aromatic N) is 3. The molecule has 2 bridgehead atoms. The van der Waals surface area contributed by atoms with E-state index < -0.39 is 0 Å². The van der Waals surface area contributed by atoms with Crippen LogP contribution in [0.2, 0.25) is 0 Å². The van der Waals surface area contributed by atoms with Crippen LogP contribution in [0, 0.1) is 5.92 Å². The first-order valence-corrected chi connectivity index (χ1v) is 7.06. The lowest BCUT2D eigenvalue weighted by Crippen LogP contribution is -2.33. The first kappa shape index (κ1) is 11.0. The van der Waals surface area contributed by atoms with Gasteiger partial charge in [0.05, 0.1) is 5.52 Å². The largest absolute Gasteiger partial charge is 0.357 e. The van der Waals surface area contributed by atoms with Crippen molar-refractivity contribution in [3.8, 4) is 0 Å². The molecule has 0 spiro atoms. The molecular formula is C15H18N4. The van der Waals surface area contributed by atoms with E-state index in [1.165, 1.54) is 24.6 Å². The van der Waals surface area contributed by atoms with E-state index >= 15 is 0 Å². The van der Waals surface area contributed by atoms with Crippen molar-refractivity contribution >= 4 is 22.7 Å². The van der Waals surface area contributed by atoms with Crippen molar-refractivity contribution in [2.75, 3.05) is 23.8 Å². The highest BCUT2D eigenvalue weighted by molar-refractivity contribution is 5.90. The van der Waals surface area contributed by atoms with Gasteiger partial charge in [-0.15, -0.1) is 0 Å². The fourth-order valence-corrected chi connectivity index (χ4v) is 3.57. The van der Waals surface area contributed by atoms with Gasteiger partial charge in [0.1, 0.15) is 5.82 Å². The smallest absolute Gasteiger partial charge is 0.224 e. The van der Waals surface area contributed by atoms with E-state index in [-0.39, 0.29) is 0 Å². The van der Waals surface area contributed by atoms with E-state index in [4.69, 9.17) is 4.98 Å². The number of para-hydroxylation sites is 1. The summed E-state index contributed by atoms with van der Waals surface area (Å²) in [5, 5.41) is 4.25. The zero-order valence-electron chi connectivity index (χ0n) is 11.1. The number of aromatic nitrogens is 2. The number of rotatable bonds is 2. The third-order valence-corrected chi connectivity index (χ3v) is 4.49. The highest BCUT2D eigenvalue weighted by Gasteiger charge is 2.39. The summed E-state index contributed by atoms with van der Waals surface area (Å²) in [5.74, 6) is 2.70. The molecule has 4 rings (SSSR count). The summed E-state index contributed by atoms with van der Waals surface area (Å²) in [6.45, 7) is 1.16. The molecule has 4 heteroatoms. The lowest BCUT2D eigenvalue weighted by molar-refractivity contribution is 0.551. The van der Waals surface area contributed by atoms with Crippen LogP contribution in [0.15, 0.2) is 24.3 Å². The average molecular weight is 254 g/mol. The maximum Gasteiger partial charge on any atom is 0.224 e. The Kier molecular flexibility index (Phi) is 2.37. The molecule has 1 N–H and O–H groups in total. The van der Waals surface area contributed by atoms with Crippen LogP contribution < -0.4 is 10.2 Å². The van der Waals surface area contributed by atoms with Gasteiger partial charge in [-0.25, -0.2) is 4.98 Å². The van der Waals surface area contributed by atoms with Crippen molar-refractivity contribution in [2.45, 2.75) is 25.3 Å². The van der Waals surface area contributed by atoms with Crippen LogP contribution in [-0.2, 0) is 0 Å². The molecule has 1 aliphatic carbocycles. The Balaban J connectivity index is 1.88. The average Bonchev–Trinajstić information content (AvgIpc) is 3.08. The van der Waals surface area contributed by atoms with E-state index in [0.29, 0.717) is 6.04 Å². The summed E-state index contributed by atoms with van der Waals surface area (Å²) < 4.78 is 0. The summed E-state index contributed by atoms with van der Waals surface area (Å²) in [6, 6.07) is 9.00. The number of nitrogens with one attached hydrogen (secondary N) is 1. The first-order valence-electron chi connectivity index (χ1n) is 7.06. The van der Waals surface area contributed by atoms with E-state index in [2.05, 4.69) is 33.4 Å². The molecule has 2 fully saturated rings. The predicted octanol–water partition coefficient (Wildman–Crippen LogP) is 2.66. The second-order valence-corrected chi connectivity index (χ2v) is 5.62. The molecule has 2 aliphatic rings. The molecule has 0 amide bonds. The molecule has 1 aromatic carbocycles. The van der Waals surface area contributed by atoms with Gasteiger partial charge in [0, 0.05) is 25.0 Å². The number of hydrogen-bond acceptors (Lipinski definition) is 4. The maximum absolute atomic E-state index is 4.72. The van der Waals surface area contributed by atoms with Gasteiger partial charge in [0.2, 0.25) is 5.95 Å². The van der Waals surface area contributed by atoms with Crippen molar-refractivity contribution in [3.05, 3.63) is 24.3 Å². The van der Waals surface area contributed by atoms with Crippen molar-refractivity contribution in [1.29, 1.82) is 0 Å². The number of piperidine rings is 1. The summed E-state index contributed by atoms with van der Waals surface area (Å²) in [5.41, 5.74) is 1.03. The molecule has 2 unspecified atom stereocenters. The van der Waals surface area contributed by atoms with Crippen LogP contribution in [0.4, 0.5) is 11.8 Å². The molecule has 4 nitrogen and oxygen atoms in total. The lowest BCUT2D eigenvalue weighted by Gasteiger charge is -2.29. The number of benzene rings is 1. The number of fused-ring (bicyclic) bond motifs is 3. The van der Waals surface area contributed by atoms with E-state index in [1.807, 2.05) is 13.1 Å². The topological polar surface area (TPSA) is 41.1 Å². The van der Waals surface area contributed by atoms with Gasteiger partial charge in [-0.3, -0.25) is 0 Å². The summed E-state index contributed by atoms with van der Waals surface area (Å²) in [6.07, 6.45) is 4.05. The minimum atomic E-state index is 0.688. The van der Waals surface area contributed by atoms with Gasteiger partial charge in [0.25, 0.3) is 0 Å². The van der Waals surface area contributed by atoms with E-state index in [1.54, 1.807) is 0 Å². The molecule has 0 radical (unpaired) electrons. The standard InChI is InChI=1S/C15H18N4/c1-16-15-17-13-5-3-2-4-12(13)14(18-15)19-9-10-6-7-11(19)8-10/h2-5,10-11H,6-9H2,1H3,(H,16,17,18). The Morgan fingerprint density at radius 3 is 2.84 bits per heavy atom. The molecule has 2 atom stereocenters. The van der Waals surface area contributed by atoms with Crippen LogP contribution in [0.5, 0.6) is 0 Å². The molecule has 1 aromatic heterocycles. The molecule has 98 valence electrons. The molecule has 1 saturated carbocycles. The van der Waals surface area contributed by atoms with Crippen molar-refractivity contribution < 1.29 is 0 Å². The molecule has 1 saturated heterocycles. The maximum atomic E-state index is 4.72. The summed E-state index contributed by atoms with van der Waals surface area (Å²) in [4.78, 5) is 11.8. The molecule has 2 aromatic rings. The predicted molar refractivity (Wildman–Crippen MR) is 77.6 cm³/mol. The normalized spacial score (nSPS) is 25.2. The summed E-state index contributed by atoms with van der Waals surface area (Å²) >= 11 is 0. The second-order valence-electron chi connectivity index (χ2n) is 5.62. The minimum absolute atomic E-state index is 0.688. The van der Waals surface area contributed by atoms with Crippen LogP contribution in [0.3, 0.4) is 0 Å². The number of hydrogen-bond donors (Lipinski definition) is 1. The van der Waals surface area contributed by atoms with Gasteiger partial charge in [0.15, 0.2) is 0 Å². The quantitative estimate of drug-likeness (QED) is 0.894. The fourth-order valence-electron chi connectivity index (χ4n) is 3.57. The highest BCUT2D eigenvalue weighted by Crippen LogP contribution is 2.41. The molecule has 1 aliphatic heterocycles. The molecule has 19 heavy (non-hydrogen) atoms. The fraction of sp³-hybridized carbons (Fsp3) is 0.467. The van der Waals surface area contributed by atoms with Crippen LogP contribution >= 0.6 is 0 Å². The van der Waals surface area contributed by atoms with Gasteiger partial charge in [-0.05, 0) is 37.3 Å². The second kappa shape index (κ2) is 4.08. The first-order chi connectivity index (χ1) is 9.35. The Labute approximate surface area is 112 Å².